The van der Waals surface area contributed by atoms with Crippen molar-refractivity contribution in [2.75, 3.05) is 43.9 Å². The summed E-state index contributed by atoms with van der Waals surface area (Å²) in [6, 6.07) is 0. The molecule has 1 saturated heterocycles. The zero-order valence-corrected chi connectivity index (χ0v) is 13.9. The number of halogens is 1. The van der Waals surface area contributed by atoms with E-state index < -0.39 is 0 Å². The number of anilines is 2. The number of aromatic nitrogens is 2. The molecule has 0 bridgehead atoms. The molecule has 0 radical (unpaired) electrons. The van der Waals surface area contributed by atoms with Crippen molar-refractivity contribution in [2.45, 2.75) is 26.2 Å². The van der Waals surface area contributed by atoms with Crippen molar-refractivity contribution in [1.29, 1.82) is 0 Å². The molecule has 6 heteroatoms. The molecule has 2 N–H and O–H groups in total. The van der Waals surface area contributed by atoms with E-state index in [2.05, 4.69) is 55.4 Å². The van der Waals surface area contributed by atoms with Gasteiger partial charge in [-0.05, 0) is 61.2 Å². The highest BCUT2D eigenvalue weighted by atomic mass is 79.9. The van der Waals surface area contributed by atoms with Crippen molar-refractivity contribution in [3.05, 3.63) is 10.8 Å². The van der Waals surface area contributed by atoms with Gasteiger partial charge in [-0.2, -0.15) is 0 Å². The molecule has 1 aromatic rings. The number of hydrogen-bond donors (Lipinski definition) is 2. The number of piperidine rings is 1. The molecule has 0 saturated carbocycles. The molecule has 1 aliphatic rings. The third kappa shape index (κ3) is 4.31. The summed E-state index contributed by atoms with van der Waals surface area (Å²) < 4.78 is 0.932. The second kappa shape index (κ2) is 7.78. The smallest absolute Gasteiger partial charge is 0.145 e. The first-order valence-corrected chi connectivity index (χ1v) is 8.16. The lowest BCUT2D eigenvalue weighted by Gasteiger charge is -2.29. The first-order valence-electron chi connectivity index (χ1n) is 7.37. The Labute approximate surface area is 129 Å². The fraction of sp³-hybridized carbons (Fsp3) is 0.714. The molecule has 1 fully saturated rings. The second-order valence-electron chi connectivity index (χ2n) is 5.44. The first kappa shape index (κ1) is 15.5. The van der Waals surface area contributed by atoms with Gasteiger partial charge in [0.2, 0.25) is 0 Å². The summed E-state index contributed by atoms with van der Waals surface area (Å²) >= 11 is 3.59. The van der Waals surface area contributed by atoms with E-state index in [0.29, 0.717) is 0 Å². The summed E-state index contributed by atoms with van der Waals surface area (Å²) in [5, 5.41) is 6.76. The van der Waals surface area contributed by atoms with E-state index in [9.17, 15) is 0 Å². The summed E-state index contributed by atoms with van der Waals surface area (Å²) in [7, 11) is 2.19. The molecule has 5 nitrogen and oxygen atoms in total. The van der Waals surface area contributed by atoms with Gasteiger partial charge in [0.15, 0.2) is 0 Å². The lowest BCUT2D eigenvalue weighted by molar-refractivity contribution is 0.226. The Hall–Kier alpha value is -0.880. The number of rotatable bonds is 6. The number of likely N-dealkylation sites (tertiary alicyclic amines) is 1. The highest BCUT2D eigenvalue weighted by molar-refractivity contribution is 9.10. The normalized spacial score (nSPS) is 17.1. The van der Waals surface area contributed by atoms with Gasteiger partial charge in [0, 0.05) is 13.1 Å². The zero-order valence-electron chi connectivity index (χ0n) is 12.3. The Morgan fingerprint density at radius 2 is 1.90 bits per heavy atom. The van der Waals surface area contributed by atoms with Crippen LogP contribution in [-0.2, 0) is 0 Å². The average Bonchev–Trinajstić information content (AvgIpc) is 2.47. The van der Waals surface area contributed by atoms with Gasteiger partial charge in [-0.25, -0.2) is 9.97 Å². The summed E-state index contributed by atoms with van der Waals surface area (Å²) in [4.78, 5) is 11.0. The van der Waals surface area contributed by atoms with Crippen molar-refractivity contribution >= 4 is 27.6 Å². The number of nitrogens with zero attached hydrogens (tertiary/aromatic N) is 3. The highest BCUT2D eigenvalue weighted by Gasteiger charge is 2.17. The lowest BCUT2D eigenvalue weighted by Crippen LogP contribution is -2.33. The minimum absolute atomic E-state index is 0.736. The molecule has 20 heavy (non-hydrogen) atoms. The van der Waals surface area contributed by atoms with Gasteiger partial charge in [0.25, 0.3) is 0 Å². The van der Waals surface area contributed by atoms with E-state index in [1.807, 2.05) is 0 Å². The van der Waals surface area contributed by atoms with Gasteiger partial charge >= 0.3 is 0 Å². The first-order chi connectivity index (χ1) is 9.70. The minimum atomic E-state index is 0.736. The van der Waals surface area contributed by atoms with Crippen LogP contribution in [-0.4, -0.2) is 48.1 Å². The van der Waals surface area contributed by atoms with Crippen LogP contribution in [0.25, 0.3) is 0 Å². The minimum Gasteiger partial charge on any atom is -0.369 e. The van der Waals surface area contributed by atoms with E-state index in [0.717, 1.165) is 41.5 Å². The molecule has 0 aliphatic carbocycles. The van der Waals surface area contributed by atoms with Crippen LogP contribution in [0.2, 0.25) is 0 Å². The van der Waals surface area contributed by atoms with Gasteiger partial charge in [-0.15, -0.1) is 0 Å². The van der Waals surface area contributed by atoms with Crippen LogP contribution in [0.5, 0.6) is 0 Å². The molecule has 1 aromatic heterocycles. The van der Waals surface area contributed by atoms with E-state index in [1.165, 1.54) is 25.9 Å². The Bertz CT molecular complexity index is 418. The zero-order chi connectivity index (χ0) is 14.4. The fourth-order valence-electron chi connectivity index (χ4n) is 2.37. The van der Waals surface area contributed by atoms with E-state index in [1.54, 1.807) is 6.33 Å². The number of hydrogen-bond acceptors (Lipinski definition) is 5. The Morgan fingerprint density at radius 1 is 1.25 bits per heavy atom. The van der Waals surface area contributed by atoms with Crippen molar-refractivity contribution in [3.8, 4) is 0 Å². The molecule has 0 aromatic carbocycles. The van der Waals surface area contributed by atoms with Crippen LogP contribution in [0.1, 0.15) is 26.2 Å². The van der Waals surface area contributed by atoms with Gasteiger partial charge < -0.3 is 15.5 Å². The van der Waals surface area contributed by atoms with Gasteiger partial charge in [0.1, 0.15) is 22.4 Å². The van der Waals surface area contributed by atoms with E-state index in [-0.39, 0.29) is 0 Å². The molecule has 0 amide bonds. The SMILES string of the molecule is CCCNc1ncnc(NCC2CCN(C)CC2)c1Br. The maximum Gasteiger partial charge on any atom is 0.145 e. The standard InChI is InChI=1S/C14H24BrN5/c1-3-6-16-13-12(15)14(19-10-18-13)17-9-11-4-7-20(2)8-5-11/h10-11H,3-9H2,1-2H3,(H2,16,17,18,19). The van der Waals surface area contributed by atoms with Crippen molar-refractivity contribution in [1.82, 2.24) is 14.9 Å². The molecule has 1 aliphatic heterocycles. The van der Waals surface area contributed by atoms with Crippen molar-refractivity contribution < 1.29 is 0 Å². The molecular weight excluding hydrogens is 318 g/mol. The highest BCUT2D eigenvalue weighted by Crippen LogP contribution is 2.27. The molecule has 0 atom stereocenters. The fourth-order valence-corrected chi connectivity index (χ4v) is 2.85. The third-order valence-electron chi connectivity index (χ3n) is 3.73. The molecule has 0 unspecified atom stereocenters. The Balaban J connectivity index is 1.89. The van der Waals surface area contributed by atoms with Crippen molar-refractivity contribution in [3.63, 3.8) is 0 Å². The summed E-state index contributed by atoms with van der Waals surface area (Å²) in [6.45, 7) is 6.43. The number of nitrogens with one attached hydrogen (secondary N) is 2. The third-order valence-corrected chi connectivity index (χ3v) is 4.48. The summed E-state index contributed by atoms with van der Waals surface area (Å²) in [5.74, 6) is 2.49. The molecule has 2 heterocycles. The predicted molar refractivity (Wildman–Crippen MR) is 87.2 cm³/mol. The van der Waals surface area contributed by atoms with Crippen LogP contribution in [0.15, 0.2) is 10.8 Å². The molecule has 112 valence electrons. The van der Waals surface area contributed by atoms with Gasteiger partial charge in [-0.3, -0.25) is 0 Å². The van der Waals surface area contributed by atoms with Crippen LogP contribution >= 0.6 is 15.9 Å². The Kier molecular flexibility index (Phi) is 6.04. The van der Waals surface area contributed by atoms with Gasteiger partial charge in [-0.1, -0.05) is 6.92 Å². The van der Waals surface area contributed by atoms with Crippen LogP contribution in [0.3, 0.4) is 0 Å². The largest absolute Gasteiger partial charge is 0.369 e. The molecular formula is C14H24BrN5. The summed E-state index contributed by atoms with van der Waals surface area (Å²) in [5.41, 5.74) is 0. The molecule has 2 rings (SSSR count). The maximum atomic E-state index is 4.33. The van der Waals surface area contributed by atoms with Crippen LogP contribution < -0.4 is 10.6 Å². The summed E-state index contributed by atoms with van der Waals surface area (Å²) in [6.07, 6.45) is 5.20. The predicted octanol–water partition coefficient (Wildman–Crippen LogP) is 2.81. The lowest BCUT2D eigenvalue weighted by atomic mass is 9.97. The van der Waals surface area contributed by atoms with Crippen LogP contribution in [0, 0.1) is 5.92 Å². The molecule has 0 spiro atoms. The van der Waals surface area contributed by atoms with Gasteiger partial charge in [0.05, 0.1) is 0 Å². The van der Waals surface area contributed by atoms with E-state index >= 15 is 0 Å². The van der Waals surface area contributed by atoms with Crippen molar-refractivity contribution in [2.24, 2.45) is 5.92 Å². The maximum absolute atomic E-state index is 4.33. The van der Waals surface area contributed by atoms with Crippen LogP contribution in [0.4, 0.5) is 11.6 Å². The quantitative estimate of drug-likeness (QED) is 0.833. The average molecular weight is 342 g/mol. The Morgan fingerprint density at radius 3 is 2.55 bits per heavy atom. The monoisotopic (exact) mass is 341 g/mol. The topological polar surface area (TPSA) is 53.1 Å². The van der Waals surface area contributed by atoms with E-state index in [4.69, 9.17) is 0 Å². The second-order valence-corrected chi connectivity index (χ2v) is 6.23.